The van der Waals surface area contributed by atoms with Gasteiger partial charge in [0.05, 0.1) is 17.5 Å². The van der Waals surface area contributed by atoms with Gasteiger partial charge in [-0.25, -0.2) is 9.29 Å². The topological polar surface area (TPSA) is 95.0 Å². The van der Waals surface area contributed by atoms with E-state index >= 15 is 0 Å². The van der Waals surface area contributed by atoms with Crippen LogP contribution in [0.1, 0.15) is 29.9 Å². The molecule has 6 unspecified atom stereocenters. The summed E-state index contributed by atoms with van der Waals surface area (Å²) in [5.74, 6) is -5.56. The fourth-order valence-electron chi connectivity index (χ4n) is 6.79. The number of alkyl halides is 2. The molecule has 7 nitrogen and oxygen atoms in total. The van der Waals surface area contributed by atoms with Gasteiger partial charge in [-0.3, -0.25) is 24.1 Å². The van der Waals surface area contributed by atoms with Crippen molar-refractivity contribution >= 4 is 52.5 Å². The predicted octanol–water partition coefficient (Wildman–Crippen LogP) is 4.03. The predicted molar refractivity (Wildman–Crippen MR) is 137 cm³/mol. The van der Waals surface area contributed by atoms with E-state index < -0.39 is 51.1 Å². The quantitative estimate of drug-likeness (QED) is 0.342. The third kappa shape index (κ3) is 3.01. The number of likely N-dealkylation sites (tertiary alicyclic amines) is 1. The maximum absolute atomic E-state index is 14.2. The van der Waals surface area contributed by atoms with Crippen LogP contribution in [-0.4, -0.2) is 50.4 Å². The second-order valence-electron chi connectivity index (χ2n) is 10.5. The third-order valence-electron chi connectivity index (χ3n) is 8.67. The van der Waals surface area contributed by atoms with Gasteiger partial charge in [-0.05, 0) is 67.1 Å². The smallest absolute Gasteiger partial charge is 0.258 e. The van der Waals surface area contributed by atoms with Crippen molar-refractivity contribution in [3.8, 4) is 5.75 Å². The van der Waals surface area contributed by atoms with Crippen LogP contribution in [0.3, 0.4) is 0 Å². The van der Waals surface area contributed by atoms with Crippen LogP contribution in [0.15, 0.2) is 54.1 Å². The zero-order chi connectivity index (χ0) is 27.3. The second kappa shape index (κ2) is 8.13. The summed E-state index contributed by atoms with van der Waals surface area (Å²) in [5.41, 5.74) is 1.86. The number of hydrogen-bond acceptors (Lipinski definition) is 5. The largest absolute Gasteiger partial charge is 0.508 e. The van der Waals surface area contributed by atoms with E-state index in [2.05, 4.69) is 0 Å². The van der Waals surface area contributed by atoms with E-state index in [0.29, 0.717) is 16.7 Å². The summed E-state index contributed by atoms with van der Waals surface area (Å²) in [7, 11) is 1.44. The van der Waals surface area contributed by atoms with E-state index in [0.717, 1.165) is 21.9 Å². The monoisotopic (exact) mass is 556 g/mol. The van der Waals surface area contributed by atoms with Gasteiger partial charge < -0.3 is 5.11 Å². The van der Waals surface area contributed by atoms with Crippen molar-refractivity contribution in [2.45, 2.75) is 35.4 Å². The molecule has 2 saturated heterocycles. The van der Waals surface area contributed by atoms with Crippen LogP contribution >= 0.6 is 23.2 Å². The molecule has 196 valence electrons. The number of phenolic OH excluding ortho intramolecular Hbond substituents is 1. The highest BCUT2D eigenvalue weighted by Gasteiger charge is 2.76. The number of amides is 4. The number of imide groups is 2. The molecular weight excluding hydrogens is 534 g/mol. The number of benzene rings is 2. The van der Waals surface area contributed by atoms with Crippen molar-refractivity contribution in [1.82, 2.24) is 4.90 Å². The summed E-state index contributed by atoms with van der Waals surface area (Å²) in [4.78, 5) is 52.3. The lowest BCUT2D eigenvalue weighted by molar-refractivity contribution is -0.138. The molecule has 2 aromatic carbocycles. The molecule has 2 aliphatic heterocycles. The lowest BCUT2D eigenvalue weighted by Gasteiger charge is -2.50. The van der Waals surface area contributed by atoms with Gasteiger partial charge in [0.2, 0.25) is 11.8 Å². The SMILES string of the molecule is Cc1cc(C2C3=CCC4C(=O)N(C)C(=O)C4C3CC3(Cl)C(=O)N(c4ccc(F)cc4)C(=O)C23Cl)ccc1O. The van der Waals surface area contributed by atoms with Crippen molar-refractivity contribution < 1.29 is 28.7 Å². The molecule has 1 saturated carbocycles. The number of rotatable bonds is 2. The van der Waals surface area contributed by atoms with Gasteiger partial charge in [-0.2, -0.15) is 0 Å². The Kier molecular flexibility index (Phi) is 5.37. The average Bonchev–Trinajstić information content (AvgIpc) is 3.19. The minimum atomic E-state index is -1.99. The number of hydrogen-bond donors (Lipinski definition) is 1. The summed E-state index contributed by atoms with van der Waals surface area (Å²) < 4.78 is 13.7. The average molecular weight is 557 g/mol. The molecule has 10 heteroatoms. The number of aromatic hydroxyl groups is 1. The first-order valence-electron chi connectivity index (χ1n) is 12.2. The number of phenols is 1. The number of allylic oxidation sites excluding steroid dienone is 2. The van der Waals surface area contributed by atoms with E-state index in [1.165, 1.54) is 25.2 Å². The minimum Gasteiger partial charge on any atom is -0.508 e. The maximum atomic E-state index is 14.2. The first-order chi connectivity index (χ1) is 17.9. The van der Waals surface area contributed by atoms with Crippen molar-refractivity contribution in [2.75, 3.05) is 11.9 Å². The van der Waals surface area contributed by atoms with Crippen molar-refractivity contribution in [3.05, 3.63) is 71.1 Å². The number of anilines is 1. The highest BCUT2D eigenvalue weighted by molar-refractivity contribution is 6.58. The van der Waals surface area contributed by atoms with Crippen LogP contribution in [-0.2, 0) is 19.2 Å². The lowest BCUT2D eigenvalue weighted by Crippen LogP contribution is -2.60. The summed E-state index contributed by atoms with van der Waals surface area (Å²) in [6.07, 6.45) is 2.00. The fourth-order valence-corrected chi connectivity index (χ4v) is 7.72. The number of aryl methyl sites for hydroxylation is 1. The summed E-state index contributed by atoms with van der Waals surface area (Å²) in [6.45, 7) is 1.69. The molecule has 2 aliphatic carbocycles. The van der Waals surface area contributed by atoms with E-state index in [9.17, 15) is 28.7 Å². The summed E-state index contributed by atoms with van der Waals surface area (Å²) in [5, 5.41) is 10.2. The Balaban J connectivity index is 1.58. The molecule has 0 aromatic heterocycles. The van der Waals surface area contributed by atoms with Crippen LogP contribution < -0.4 is 4.90 Å². The molecule has 2 heterocycles. The number of fused-ring (bicyclic) bond motifs is 4. The maximum Gasteiger partial charge on any atom is 0.258 e. The molecule has 6 rings (SSSR count). The van der Waals surface area contributed by atoms with E-state index in [4.69, 9.17) is 23.2 Å². The Hall–Kier alpha value is -3.23. The molecule has 0 bridgehead atoms. The molecule has 6 atom stereocenters. The molecule has 0 spiro atoms. The Morgan fingerprint density at radius 3 is 2.32 bits per heavy atom. The molecule has 4 amide bonds. The van der Waals surface area contributed by atoms with Gasteiger partial charge in [-0.1, -0.05) is 23.8 Å². The summed E-state index contributed by atoms with van der Waals surface area (Å²) in [6, 6.07) is 9.66. The number of halogens is 3. The van der Waals surface area contributed by atoms with Crippen LogP contribution in [0.2, 0.25) is 0 Å². The Morgan fingerprint density at radius 2 is 1.66 bits per heavy atom. The summed E-state index contributed by atoms with van der Waals surface area (Å²) >= 11 is 14.5. The van der Waals surface area contributed by atoms with Gasteiger partial charge in [0.15, 0.2) is 9.75 Å². The molecule has 0 radical (unpaired) electrons. The molecule has 2 aromatic rings. The Labute approximate surface area is 227 Å². The molecule has 4 aliphatic rings. The zero-order valence-corrected chi connectivity index (χ0v) is 22.0. The van der Waals surface area contributed by atoms with Crippen LogP contribution in [0.5, 0.6) is 5.75 Å². The zero-order valence-electron chi connectivity index (χ0n) is 20.5. The van der Waals surface area contributed by atoms with Crippen LogP contribution in [0, 0.1) is 30.5 Å². The minimum absolute atomic E-state index is 0.0412. The van der Waals surface area contributed by atoms with E-state index in [1.807, 2.05) is 6.08 Å². The third-order valence-corrected chi connectivity index (χ3v) is 10.1. The lowest BCUT2D eigenvalue weighted by atomic mass is 9.56. The fraction of sp³-hybridized carbons (Fsp3) is 0.357. The molecule has 1 N–H and O–H groups in total. The van der Waals surface area contributed by atoms with Crippen molar-refractivity contribution in [1.29, 1.82) is 0 Å². The number of nitrogens with zero attached hydrogens (tertiary/aromatic N) is 2. The second-order valence-corrected chi connectivity index (χ2v) is 11.8. The van der Waals surface area contributed by atoms with E-state index in [-0.39, 0.29) is 36.1 Å². The molecular formula is C28H23Cl2FN2O5. The Bertz CT molecular complexity index is 1480. The van der Waals surface area contributed by atoms with E-state index in [1.54, 1.807) is 19.1 Å². The first-order valence-corrected chi connectivity index (χ1v) is 13.0. The van der Waals surface area contributed by atoms with Gasteiger partial charge in [0.25, 0.3) is 11.8 Å². The van der Waals surface area contributed by atoms with Crippen molar-refractivity contribution in [3.63, 3.8) is 0 Å². The van der Waals surface area contributed by atoms with Crippen LogP contribution in [0.25, 0.3) is 0 Å². The van der Waals surface area contributed by atoms with Gasteiger partial charge in [0.1, 0.15) is 11.6 Å². The van der Waals surface area contributed by atoms with Gasteiger partial charge >= 0.3 is 0 Å². The Morgan fingerprint density at radius 1 is 0.974 bits per heavy atom. The molecule has 38 heavy (non-hydrogen) atoms. The highest BCUT2D eigenvalue weighted by atomic mass is 35.5. The molecule has 3 fully saturated rings. The first kappa shape index (κ1) is 25.1. The van der Waals surface area contributed by atoms with Crippen molar-refractivity contribution in [2.24, 2.45) is 17.8 Å². The van der Waals surface area contributed by atoms with Gasteiger partial charge in [-0.15, -0.1) is 23.2 Å². The normalized spacial score (nSPS) is 34.3. The van der Waals surface area contributed by atoms with Crippen LogP contribution in [0.4, 0.5) is 10.1 Å². The standard InChI is InChI=1S/C28H23Cl2FN2O5/c1-13-11-14(3-10-20(13)34)22-17-8-9-18-21(24(36)32(2)23(18)35)19(17)12-27(29)25(37)33(26(38)28(22,27)30)16-6-4-15(31)5-7-16/h3-8,10-11,18-19,21-22,34H,9,12H2,1-2H3. The van der Waals surface area contributed by atoms with Gasteiger partial charge in [0, 0.05) is 13.0 Å². The number of carbonyl (C=O) groups is 4. The number of carbonyl (C=O) groups excluding carboxylic acids is 4. The highest BCUT2D eigenvalue weighted by Crippen LogP contribution is 2.65.